The number of hydrogen-bond donors (Lipinski definition) is 2. The number of fused-ring (bicyclic) bond motifs is 3. The molecule has 0 fully saturated rings. The van der Waals surface area contributed by atoms with Crippen LogP contribution in [0.5, 0.6) is 0 Å². The van der Waals surface area contributed by atoms with Crippen LogP contribution in [0, 0.1) is 6.92 Å². The van der Waals surface area contributed by atoms with E-state index in [-0.39, 0.29) is 11.4 Å². The van der Waals surface area contributed by atoms with Gasteiger partial charge in [-0.25, -0.2) is 15.0 Å². The monoisotopic (exact) mass is 344 g/mol. The Morgan fingerprint density at radius 3 is 2.58 bits per heavy atom. The molecule has 0 saturated carbocycles. The number of para-hydroxylation sites is 2. The molecule has 0 spiro atoms. The Labute approximate surface area is 144 Å². The molecule has 4 N–H and O–H groups in total. The maximum absolute atomic E-state index is 10.7. The molecule has 0 aliphatic carbocycles. The SMILES string of the molecule is CC1=Nc2ccccc2N2NN(c3ccc(C)c(Cl)c3)C(O)=C12.O. The number of allylic oxidation sites excluding steroid dienone is 1. The summed E-state index contributed by atoms with van der Waals surface area (Å²) in [5.41, 5.74) is 8.07. The Morgan fingerprint density at radius 2 is 1.83 bits per heavy atom. The van der Waals surface area contributed by atoms with E-state index in [9.17, 15) is 5.11 Å². The van der Waals surface area contributed by atoms with Gasteiger partial charge in [0, 0.05) is 5.02 Å². The molecule has 2 heterocycles. The summed E-state index contributed by atoms with van der Waals surface area (Å²) in [7, 11) is 0. The number of aryl methyl sites for hydroxylation is 1. The van der Waals surface area contributed by atoms with Crippen molar-refractivity contribution in [2.75, 3.05) is 10.0 Å². The number of hydrazine groups is 2. The molecule has 0 atom stereocenters. The minimum Gasteiger partial charge on any atom is -0.492 e. The predicted molar refractivity (Wildman–Crippen MR) is 96.8 cm³/mol. The second-order valence-corrected chi connectivity index (χ2v) is 5.97. The highest BCUT2D eigenvalue weighted by atomic mass is 35.5. The van der Waals surface area contributed by atoms with Gasteiger partial charge >= 0.3 is 0 Å². The summed E-state index contributed by atoms with van der Waals surface area (Å²) in [6.45, 7) is 3.82. The van der Waals surface area contributed by atoms with Crippen LogP contribution in [0.4, 0.5) is 17.1 Å². The van der Waals surface area contributed by atoms with Gasteiger partial charge in [-0.3, -0.25) is 0 Å². The maximum Gasteiger partial charge on any atom is 0.235 e. The first-order valence-electron chi connectivity index (χ1n) is 7.27. The van der Waals surface area contributed by atoms with E-state index in [1.54, 1.807) is 5.01 Å². The van der Waals surface area contributed by atoms with E-state index in [4.69, 9.17) is 11.6 Å². The van der Waals surface area contributed by atoms with Crippen molar-refractivity contribution in [3.05, 3.63) is 64.6 Å². The molecule has 0 unspecified atom stereocenters. The third-order valence-corrected chi connectivity index (χ3v) is 4.42. The molecule has 4 rings (SSSR count). The largest absolute Gasteiger partial charge is 0.492 e. The molecule has 6 nitrogen and oxygen atoms in total. The topological polar surface area (TPSA) is 82.6 Å². The van der Waals surface area contributed by atoms with E-state index in [0.717, 1.165) is 28.3 Å². The van der Waals surface area contributed by atoms with Crippen molar-refractivity contribution in [3.8, 4) is 0 Å². The summed E-state index contributed by atoms with van der Waals surface area (Å²) in [5, 5.41) is 14.8. The van der Waals surface area contributed by atoms with Gasteiger partial charge in [0.1, 0.15) is 5.70 Å². The molecule has 0 saturated heterocycles. The lowest BCUT2D eigenvalue weighted by molar-refractivity contribution is 0.389. The van der Waals surface area contributed by atoms with Crippen LogP contribution in [-0.2, 0) is 0 Å². The van der Waals surface area contributed by atoms with Crippen LogP contribution in [0.25, 0.3) is 0 Å². The third kappa shape index (κ3) is 2.32. The molecule has 2 aliphatic rings. The van der Waals surface area contributed by atoms with Crippen molar-refractivity contribution in [2.45, 2.75) is 13.8 Å². The summed E-state index contributed by atoms with van der Waals surface area (Å²) in [6, 6.07) is 13.4. The van der Waals surface area contributed by atoms with Gasteiger partial charge in [0.05, 0.1) is 22.8 Å². The Bertz CT molecular complexity index is 879. The Kier molecular flexibility index (Phi) is 3.96. The first-order valence-corrected chi connectivity index (χ1v) is 7.64. The fraction of sp³-hybridized carbons (Fsp3) is 0.118. The first-order chi connectivity index (χ1) is 11.1. The van der Waals surface area contributed by atoms with Gasteiger partial charge < -0.3 is 10.6 Å². The molecule has 124 valence electrons. The molecule has 2 aromatic rings. The minimum absolute atomic E-state index is 0. The summed E-state index contributed by atoms with van der Waals surface area (Å²) in [6.07, 6.45) is 0. The molecule has 2 aromatic carbocycles. The zero-order chi connectivity index (χ0) is 16.1. The molecule has 0 bridgehead atoms. The molecule has 24 heavy (non-hydrogen) atoms. The maximum atomic E-state index is 10.7. The second-order valence-electron chi connectivity index (χ2n) is 5.56. The van der Waals surface area contributed by atoms with Crippen LogP contribution < -0.4 is 15.6 Å². The van der Waals surface area contributed by atoms with Gasteiger partial charge in [-0.05, 0) is 43.7 Å². The van der Waals surface area contributed by atoms with Gasteiger partial charge in [0.15, 0.2) is 0 Å². The summed E-state index contributed by atoms with van der Waals surface area (Å²) in [4.78, 5) is 4.56. The Balaban J connectivity index is 0.00000169. The molecule has 7 heteroatoms. The van der Waals surface area contributed by atoms with Gasteiger partial charge in [-0.1, -0.05) is 29.8 Å². The number of nitrogens with one attached hydrogen (secondary N) is 1. The zero-order valence-electron chi connectivity index (χ0n) is 13.2. The molecule has 0 aromatic heterocycles. The van der Waals surface area contributed by atoms with Gasteiger partial charge in [-0.15, -0.1) is 5.53 Å². The number of benzene rings is 2. The standard InChI is InChI=1S/C17H15ClN4O.H2O/c1-10-7-8-12(9-13(10)18)21-17(23)16-11(2)19-14-5-3-4-6-15(14)22(16)20-21;/h3-9,20,23H,1-2H3;1H2. The average Bonchev–Trinajstić information content (AvgIpc) is 2.89. The van der Waals surface area contributed by atoms with Gasteiger partial charge in [0.25, 0.3) is 0 Å². The number of anilines is 2. The first kappa shape index (κ1) is 16.3. The van der Waals surface area contributed by atoms with Crippen LogP contribution in [0.15, 0.2) is 59.0 Å². The van der Waals surface area contributed by atoms with E-state index >= 15 is 0 Å². The Hall–Kier alpha value is -2.54. The highest BCUT2D eigenvalue weighted by Crippen LogP contribution is 2.39. The highest BCUT2D eigenvalue weighted by Gasteiger charge is 2.36. The van der Waals surface area contributed by atoms with Crippen molar-refractivity contribution in [1.82, 2.24) is 5.53 Å². The molecule has 0 amide bonds. The van der Waals surface area contributed by atoms with E-state index in [1.165, 1.54) is 0 Å². The minimum atomic E-state index is 0. The lowest BCUT2D eigenvalue weighted by Gasteiger charge is -2.27. The fourth-order valence-corrected chi connectivity index (χ4v) is 2.96. The normalized spacial score (nSPS) is 15.7. The zero-order valence-corrected chi connectivity index (χ0v) is 14.0. The van der Waals surface area contributed by atoms with Crippen LogP contribution in [0.3, 0.4) is 0 Å². The van der Waals surface area contributed by atoms with Crippen molar-refractivity contribution < 1.29 is 10.6 Å². The van der Waals surface area contributed by atoms with Crippen molar-refractivity contribution in [3.63, 3.8) is 0 Å². The number of aliphatic imine (C=N–C) groups is 1. The lowest BCUT2D eigenvalue weighted by Crippen LogP contribution is -2.43. The summed E-state index contributed by atoms with van der Waals surface area (Å²) < 4.78 is 0. The lowest BCUT2D eigenvalue weighted by atomic mass is 10.1. The van der Waals surface area contributed by atoms with Gasteiger partial charge in [0.2, 0.25) is 5.88 Å². The average molecular weight is 345 g/mol. The number of aliphatic hydroxyl groups excluding tert-OH is 1. The van der Waals surface area contributed by atoms with Crippen LogP contribution in [-0.4, -0.2) is 16.3 Å². The second kappa shape index (κ2) is 5.83. The Morgan fingerprint density at radius 1 is 1.08 bits per heavy atom. The molecular weight excluding hydrogens is 328 g/mol. The van der Waals surface area contributed by atoms with Crippen LogP contribution in [0.1, 0.15) is 12.5 Å². The fourth-order valence-electron chi connectivity index (χ4n) is 2.78. The van der Waals surface area contributed by atoms with Crippen molar-refractivity contribution in [2.24, 2.45) is 4.99 Å². The summed E-state index contributed by atoms with van der Waals surface area (Å²) >= 11 is 6.21. The van der Waals surface area contributed by atoms with E-state index < -0.39 is 0 Å². The summed E-state index contributed by atoms with van der Waals surface area (Å²) in [5.74, 6) is 0.0978. The van der Waals surface area contributed by atoms with E-state index in [1.807, 2.05) is 61.3 Å². The van der Waals surface area contributed by atoms with Crippen molar-refractivity contribution in [1.29, 1.82) is 0 Å². The number of nitrogens with zero attached hydrogens (tertiary/aromatic N) is 3. The number of rotatable bonds is 1. The third-order valence-electron chi connectivity index (χ3n) is 4.01. The van der Waals surface area contributed by atoms with E-state index in [0.29, 0.717) is 10.7 Å². The van der Waals surface area contributed by atoms with Gasteiger partial charge in [-0.2, -0.15) is 0 Å². The van der Waals surface area contributed by atoms with Crippen molar-refractivity contribution >= 4 is 34.4 Å². The number of halogens is 1. The quantitative estimate of drug-likeness (QED) is 0.830. The molecular formula is C17H17ClN4O2. The van der Waals surface area contributed by atoms with Crippen LogP contribution >= 0.6 is 11.6 Å². The molecule has 0 radical (unpaired) electrons. The smallest absolute Gasteiger partial charge is 0.235 e. The van der Waals surface area contributed by atoms with E-state index in [2.05, 4.69) is 10.5 Å². The molecule has 2 aliphatic heterocycles. The number of aliphatic hydroxyl groups is 1. The predicted octanol–water partition coefficient (Wildman–Crippen LogP) is 3.40. The number of hydrogen-bond acceptors (Lipinski definition) is 5. The van der Waals surface area contributed by atoms with Crippen LogP contribution in [0.2, 0.25) is 5.02 Å². The highest BCUT2D eigenvalue weighted by molar-refractivity contribution is 6.31.